The summed E-state index contributed by atoms with van der Waals surface area (Å²) in [7, 11) is 0. The van der Waals surface area contributed by atoms with Gasteiger partial charge >= 0.3 is 0 Å². The molecule has 0 aliphatic carbocycles. The number of aryl methyl sites for hydroxylation is 1. The van der Waals surface area contributed by atoms with Crippen LogP contribution >= 0.6 is 12.6 Å². The van der Waals surface area contributed by atoms with Crippen LogP contribution in [0.3, 0.4) is 0 Å². The quantitative estimate of drug-likeness (QED) is 0.584. The summed E-state index contributed by atoms with van der Waals surface area (Å²) in [4.78, 5) is 0. The molecule has 0 unspecified atom stereocenters. The SMILES string of the molecule is SCCn1cccn1. The molecule has 0 saturated heterocycles. The zero-order valence-corrected chi connectivity index (χ0v) is 5.38. The maximum atomic E-state index is 4.05. The average molecular weight is 128 g/mol. The third kappa shape index (κ3) is 1.26. The van der Waals surface area contributed by atoms with Gasteiger partial charge in [0.2, 0.25) is 0 Å². The summed E-state index contributed by atoms with van der Waals surface area (Å²) in [6, 6.07) is 1.91. The molecule has 0 bridgehead atoms. The van der Waals surface area contributed by atoms with Crippen LogP contribution in [0.4, 0.5) is 0 Å². The Hall–Kier alpha value is -0.440. The summed E-state index contributed by atoms with van der Waals surface area (Å²) >= 11 is 4.05. The molecule has 0 radical (unpaired) electrons. The lowest BCUT2D eigenvalue weighted by atomic mass is 10.7. The maximum Gasteiger partial charge on any atom is 0.0497 e. The van der Waals surface area contributed by atoms with Gasteiger partial charge in [-0.05, 0) is 6.07 Å². The van der Waals surface area contributed by atoms with E-state index in [4.69, 9.17) is 0 Å². The Balaban J connectivity index is 2.50. The first-order chi connectivity index (χ1) is 3.93. The lowest BCUT2D eigenvalue weighted by Gasteiger charge is -1.92. The molecule has 0 saturated carbocycles. The van der Waals surface area contributed by atoms with E-state index < -0.39 is 0 Å². The molecule has 0 atom stereocenters. The summed E-state index contributed by atoms with van der Waals surface area (Å²) in [5.74, 6) is 0.849. The number of rotatable bonds is 2. The minimum absolute atomic E-state index is 0.849. The van der Waals surface area contributed by atoms with E-state index in [0.29, 0.717) is 0 Å². The molecule has 0 aromatic carbocycles. The standard InChI is InChI=1S/C5H8N2S/c8-5-4-7-3-1-2-6-7/h1-3,8H,4-5H2. The van der Waals surface area contributed by atoms with E-state index in [1.807, 2.05) is 16.9 Å². The van der Waals surface area contributed by atoms with Gasteiger partial charge in [-0.25, -0.2) is 0 Å². The minimum Gasteiger partial charge on any atom is -0.272 e. The van der Waals surface area contributed by atoms with E-state index in [9.17, 15) is 0 Å². The average Bonchev–Trinajstić information content (AvgIpc) is 2.19. The normalized spacial score (nSPS) is 9.62. The number of nitrogens with zero attached hydrogens (tertiary/aromatic N) is 2. The number of hydrogen-bond donors (Lipinski definition) is 1. The number of thiol groups is 1. The van der Waals surface area contributed by atoms with Crippen LogP contribution in [0.15, 0.2) is 18.5 Å². The van der Waals surface area contributed by atoms with Crippen molar-refractivity contribution >= 4 is 12.6 Å². The van der Waals surface area contributed by atoms with Gasteiger partial charge in [0.05, 0.1) is 0 Å². The third-order valence-electron chi connectivity index (χ3n) is 0.888. The van der Waals surface area contributed by atoms with Crippen molar-refractivity contribution in [2.75, 3.05) is 5.75 Å². The van der Waals surface area contributed by atoms with Crippen LogP contribution in [0.5, 0.6) is 0 Å². The second-order valence-corrected chi connectivity index (χ2v) is 1.94. The van der Waals surface area contributed by atoms with Gasteiger partial charge in [0.15, 0.2) is 0 Å². The third-order valence-corrected chi connectivity index (χ3v) is 1.09. The van der Waals surface area contributed by atoms with Gasteiger partial charge in [-0.3, -0.25) is 4.68 Å². The topological polar surface area (TPSA) is 17.8 Å². The smallest absolute Gasteiger partial charge is 0.0497 e. The molecule has 1 heterocycles. The highest BCUT2D eigenvalue weighted by atomic mass is 32.1. The van der Waals surface area contributed by atoms with Crippen LogP contribution in [0.25, 0.3) is 0 Å². The molecule has 0 fully saturated rings. The lowest BCUT2D eigenvalue weighted by Crippen LogP contribution is -1.97. The summed E-state index contributed by atoms with van der Waals surface area (Å²) in [6.07, 6.45) is 3.69. The molecule has 0 amide bonds. The Morgan fingerprint density at radius 1 is 1.62 bits per heavy atom. The lowest BCUT2D eigenvalue weighted by molar-refractivity contribution is 0.667. The van der Waals surface area contributed by atoms with E-state index in [-0.39, 0.29) is 0 Å². The first-order valence-corrected chi connectivity index (χ1v) is 3.15. The van der Waals surface area contributed by atoms with Crippen LogP contribution in [0, 0.1) is 0 Å². The van der Waals surface area contributed by atoms with Crippen LogP contribution < -0.4 is 0 Å². The van der Waals surface area contributed by atoms with Gasteiger partial charge < -0.3 is 0 Å². The highest BCUT2D eigenvalue weighted by Crippen LogP contribution is 1.84. The first-order valence-electron chi connectivity index (χ1n) is 2.52. The zero-order chi connectivity index (χ0) is 5.82. The molecular weight excluding hydrogens is 120 g/mol. The molecule has 3 heteroatoms. The van der Waals surface area contributed by atoms with Gasteiger partial charge in [0, 0.05) is 24.7 Å². The monoisotopic (exact) mass is 128 g/mol. The predicted octanol–water partition coefficient (Wildman–Crippen LogP) is 0.813. The van der Waals surface area contributed by atoms with Crippen LogP contribution in [-0.2, 0) is 6.54 Å². The second kappa shape index (κ2) is 2.77. The van der Waals surface area contributed by atoms with Crippen molar-refractivity contribution < 1.29 is 0 Å². The summed E-state index contributed by atoms with van der Waals surface area (Å²) in [5.41, 5.74) is 0. The molecule has 0 spiro atoms. The van der Waals surface area contributed by atoms with Crippen molar-refractivity contribution in [1.82, 2.24) is 9.78 Å². The molecule has 8 heavy (non-hydrogen) atoms. The van der Waals surface area contributed by atoms with E-state index >= 15 is 0 Å². The second-order valence-electron chi connectivity index (χ2n) is 1.49. The van der Waals surface area contributed by atoms with Gasteiger partial charge in [-0.1, -0.05) is 0 Å². The number of hydrogen-bond acceptors (Lipinski definition) is 2. The molecule has 44 valence electrons. The van der Waals surface area contributed by atoms with Gasteiger partial charge in [0.25, 0.3) is 0 Å². The molecular formula is C5H8N2S. The van der Waals surface area contributed by atoms with Crippen LogP contribution in [0.2, 0.25) is 0 Å². The highest BCUT2D eigenvalue weighted by molar-refractivity contribution is 7.80. The Morgan fingerprint density at radius 2 is 2.50 bits per heavy atom. The van der Waals surface area contributed by atoms with Crippen molar-refractivity contribution in [3.63, 3.8) is 0 Å². The fraction of sp³-hybridized carbons (Fsp3) is 0.400. The molecule has 0 aliphatic rings. The molecule has 0 N–H and O–H groups in total. The highest BCUT2D eigenvalue weighted by Gasteiger charge is 1.82. The fourth-order valence-electron chi connectivity index (χ4n) is 0.535. The zero-order valence-electron chi connectivity index (χ0n) is 4.49. The van der Waals surface area contributed by atoms with Gasteiger partial charge in [0.1, 0.15) is 0 Å². The van der Waals surface area contributed by atoms with Crippen LogP contribution in [0.1, 0.15) is 0 Å². The van der Waals surface area contributed by atoms with Gasteiger partial charge in [-0.15, -0.1) is 0 Å². The molecule has 2 nitrogen and oxygen atoms in total. The minimum atomic E-state index is 0.849. The van der Waals surface area contributed by atoms with E-state index in [2.05, 4.69) is 17.7 Å². The van der Waals surface area contributed by atoms with Crippen LogP contribution in [-0.4, -0.2) is 15.5 Å². The van der Waals surface area contributed by atoms with Crippen molar-refractivity contribution in [1.29, 1.82) is 0 Å². The predicted molar refractivity (Wildman–Crippen MR) is 36.1 cm³/mol. The van der Waals surface area contributed by atoms with E-state index in [0.717, 1.165) is 12.3 Å². The molecule has 0 aliphatic heterocycles. The Bertz CT molecular complexity index is 136. The number of aromatic nitrogens is 2. The largest absolute Gasteiger partial charge is 0.272 e. The van der Waals surface area contributed by atoms with E-state index in [1.54, 1.807) is 6.20 Å². The first kappa shape index (κ1) is 5.69. The van der Waals surface area contributed by atoms with E-state index in [1.165, 1.54) is 0 Å². The van der Waals surface area contributed by atoms with Crippen molar-refractivity contribution in [2.24, 2.45) is 0 Å². The van der Waals surface area contributed by atoms with Gasteiger partial charge in [-0.2, -0.15) is 17.7 Å². The molecule has 1 aromatic rings. The van der Waals surface area contributed by atoms with Crippen molar-refractivity contribution in [2.45, 2.75) is 6.54 Å². The summed E-state index contributed by atoms with van der Waals surface area (Å²) in [5, 5.41) is 3.97. The Labute approximate surface area is 53.9 Å². The Morgan fingerprint density at radius 3 is 3.00 bits per heavy atom. The van der Waals surface area contributed by atoms with Crippen molar-refractivity contribution in [3.8, 4) is 0 Å². The van der Waals surface area contributed by atoms with Crippen molar-refractivity contribution in [3.05, 3.63) is 18.5 Å². The molecule has 1 aromatic heterocycles. The maximum absolute atomic E-state index is 4.05. The Kier molecular flexibility index (Phi) is 1.97. The summed E-state index contributed by atoms with van der Waals surface area (Å²) < 4.78 is 1.85. The molecule has 1 rings (SSSR count). The fourth-order valence-corrected chi connectivity index (χ4v) is 0.740. The summed E-state index contributed by atoms with van der Waals surface area (Å²) in [6.45, 7) is 0.899.